The van der Waals surface area contributed by atoms with E-state index in [2.05, 4.69) is 22.5 Å². The van der Waals surface area contributed by atoms with Crippen LogP contribution in [0.2, 0.25) is 0 Å². The van der Waals surface area contributed by atoms with Crippen LogP contribution in [0.5, 0.6) is 5.75 Å². The Labute approximate surface area is 164 Å². The fraction of sp³-hybridized carbons (Fsp3) is 0.364. The number of aromatic nitrogens is 2. The number of ether oxygens (including phenoxy) is 1. The summed E-state index contributed by atoms with van der Waals surface area (Å²) in [6, 6.07) is 14.2. The summed E-state index contributed by atoms with van der Waals surface area (Å²) in [4.78, 5) is 14.9. The van der Waals surface area contributed by atoms with Gasteiger partial charge in [-0.2, -0.15) is 5.10 Å². The second kappa shape index (κ2) is 6.95. The lowest BCUT2D eigenvalue weighted by atomic mass is 10.1. The molecule has 6 nitrogen and oxygen atoms in total. The Morgan fingerprint density at radius 2 is 2.11 bits per heavy atom. The van der Waals surface area contributed by atoms with Crippen LogP contribution in [0.3, 0.4) is 0 Å². The van der Waals surface area contributed by atoms with Crippen molar-refractivity contribution >= 4 is 16.8 Å². The predicted octanol–water partition coefficient (Wildman–Crippen LogP) is 2.86. The van der Waals surface area contributed by atoms with Gasteiger partial charge in [0.2, 0.25) is 0 Å². The monoisotopic (exact) mass is 376 g/mol. The van der Waals surface area contributed by atoms with E-state index in [1.165, 1.54) is 0 Å². The van der Waals surface area contributed by atoms with Crippen molar-refractivity contribution in [2.45, 2.75) is 32.0 Å². The number of piperidine rings is 1. The van der Waals surface area contributed by atoms with Gasteiger partial charge in [-0.25, -0.2) is 0 Å². The van der Waals surface area contributed by atoms with Gasteiger partial charge in [-0.15, -0.1) is 0 Å². The minimum Gasteiger partial charge on any atom is -0.487 e. The highest BCUT2D eigenvalue weighted by Crippen LogP contribution is 2.33. The van der Waals surface area contributed by atoms with Gasteiger partial charge in [0.1, 0.15) is 18.1 Å². The van der Waals surface area contributed by atoms with Crippen LogP contribution in [-0.4, -0.2) is 39.7 Å². The summed E-state index contributed by atoms with van der Waals surface area (Å²) in [7, 11) is 1.95. The number of nitrogens with zero attached hydrogens (tertiary/aromatic N) is 3. The van der Waals surface area contributed by atoms with Gasteiger partial charge in [-0.3, -0.25) is 9.48 Å². The fourth-order valence-electron chi connectivity index (χ4n) is 4.40. The molecule has 0 spiro atoms. The second-order valence-electron chi connectivity index (χ2n) is 7.59. The quantitative estimate of drug-likeness (QED) is 0.761. The van der Waals surface area contributed by atoms with E-state index in [9.17, 15) is 4.79 Å². The van der Waals surface area contributed by atoms with Crippen LogP contribution >= 0.6 is 0 Å². The molecule has 28 heavy (non-hydrogen) atoms. The lowest BCUT2D eigenvalue weighted by Gasteiger charge is -2.31. The van der Waals surface area contributed by atoms with Crippen molar-refractivity contribution in [1.29, 1.82) is 0 Å². The molecule has 144 valence electrons. The van der Waals surface area contributed by atoms with Gasteiger partial charge in [0.15, 0.2) is 0 Å². The van der Waals surface area contributed by atoms with Crippen LogP contribution in [0, 0.1) is 0 Å². The Bertz CT molecular complexity index is 1040. The van der Waals surface area contributed by atoms with E-state index in [0.717, 1.165) is 59.4 Å². The molecule has 5 rings (SSSR count). The van der Waals surface area contributed by atoms with Crippen molar-refractivity contribution in [3.05, 3.63) is 59.3 Å². The van der Waals surface area contributed by atoms with Crippen molar-refractivity contribution in [2.24, 2.45) is 7.05 Å². The third-order valence-corrected chi connectivity index (χ3v) is 5.86. The Balaban J connectivity index is 1.39. The molecule has 0 aliphatic carbocycles. The van der Waals surface area contributed by atoms with Crippen molar-refractivity contribution in [2.75, 3.05) is 13.1 Å². The summed E-state index contributed by atoms with van der Waals surface area (Å²) < 4.78 is 8.05. The SMILES string of the molecule is Cn1nc(COc2cccc3c2CN(C2CCCNC2)C3=O)c2ccccc21. The summed E-state index contributed by atoms with van der Waals surface area (Å²) in [5.41, 5.74) is 3.77. The number of fused-ring (bicyclic) bond motifs is 2. The van der Waals surface area contributed by atoms with Gasteiger partial charge in [0.05, 0.1) is 12.1 Å². The zero-order chi connectivity index (χ0) is 19.1. The zero-order valence-corrected chi connectivity index (χ0v) is 16.0. The highest BCUT2D eigenvalue weighted by atomic mass is 16.5. The summed E-state index contributed by atoms with van der Waals surface area (Å²) >= 11 is 0. The van der Waals surface area contributed by atoms with E-state index in [0.29, 0.717) is 13.2 Å². The van der Waals surface area contributed by atoms with Crippen molar-refractivity contribution < 1.29 is 9.53 Å². The molecule has 2 aromatic carbocycles. The smallest absolute Gasteiger partial charge is 0.254 e. The molecule has 6 heteroatoms. The van der Waals surface area contributed by atoms with Gasteiger partial charge >= 0.3 is 0 Å². The van der Waals surface area contributed by atoms with Gasteiger partial charge in [-0.1, -0.05) is 24.3 Å². The molecule has 1 N–H and O–H groups in total. The summed E-state index contributed by atoms with van der Waals surface area (Å²) in [6.07, 6.45) is 2.17. The summed E-state index contributed by atoms with van der Waals surface area (Å²) in [6.45, 7) is 2.92. The Morgan fingerprint density at radius 1 is 1.21 bits per heavy atom. The molecule has 1 atom stereocenters. The number of carbonyl (C=O) groups is 1. The number of nitrogens with one attached hydrogen (secondary N) is 1. The minimum atomic E-state index is 0.123. The van der Waals surface area contributed by atoms with E-state index >= 15 is 0 Å². The topological polar surface area (TPSA) is 59.4 Å². The first kappa shape index (κ1) is 17.3. The third kappa shape index (κ3) is 2.85. The van der Waals surface area contributed by atoms with Crippen LogP contribution in [0.1, 0.15) is 34.5 Å². The average molecular weight is 376 g/mol. The largest absolute Gasteiger partial charge is 0.487 e. The van der Waals surface area contributed by atoms with Crippen molar-refractivity contribution in [1.82, 2.24) is 20.0 Å². The van der Waals surface area contributed by atoms with E-state index in [-0.39, 0.29) is 11.9 Å². The lowest BCUT2D eigenvalue weighted by molar-refractivity contribution is 0.0674. The van der Waals surface area contributed by atoms with E-state index in [1.807, 2.05) is 47.0 Å². The number of benzene rings is 2. The molecule has 1 saturated heterocycles. The molecule has 0 radical (unpaired) electrons. The minimum absolute atomic E-state index is 0.123. The molecule has 3 aromatic rings. The number of carbonyl (C=O) groups excluding carboxylic acids is 1. The molecule has 1 amide bonds. The number of para-hydroxylation sites is 1. The van der Waals surface area contributed by atoms with E-state index in [4.69, 9.17) is 4.74 Å². The molecule has 1 unspecified atom stereocenters. The average Bonchev–Trinajstić information content (AvgIpc) is 3.25. The molecule has 0 bridgehead atoms. The molecular formula is C22H24N4O2. The number of rotatable bonds is 4. The predicted molar refractivity (Wildman–Crippen MR) is 107 cm³/mol. The van der Waals surface area contributed by atoms with Gasteiger partial charge in [-0.05, 0) is 37.6 Å². The van der Waals surface area contributed by atoms with Crippen molar-refractivity contribution in [3.63, 3.8) is 0 Å². The van der Waals surface area contributed by atoms with E-state index < -0.39 is 0 Å². The molecule has 3 heterocycles. The first-order chi connectivity index (χ1) is 13.7. The maximum absolute atomic E-state index is 12.9. The molecule has 0 saturated carbocycles. The van der Waals surface area contributed by atoms with Gasteiger partial charge in [0, 0.05) is 36.1 Å². The standard InChI is InChI=1S/C22H24N4O2/c1-25-20-9-3-2-7-17(20)19(24-25)14-28-21-10-4-8-16-18(21)13-26(22(16)27)15-6-5-11-23-12-15/h2-4,7-10,15,23H,5-6,11-14H2,1H3. The Morgan fingerprint density at radius 3 is 2.96 bits per heavy atom. The summed E-state index contributed by atoms with van der Waals surface area (Å²) in [5.74, 6) is 0.907. The first-order valence-electron chi connectivity index (χ1n) is 9.89. The van der Waals surface area contributed by atoms with Crippen molar-refractivity contribution in [3.8, 4) is 5.75 Å². The Hall–Kier alpha value is -2.86. The molecule has 2 aliphatic heterocycles. The molecule has 1 fully saturated rings. The number of amides is 1. The highest BCUT2D eigenvalue weighted by molar-refractivity contribution is 5.99. The van der Waals surface area contributed by atoms with Crippen LogP contribution in [0.15, 0.2) is 42.5 Å². The fourth-order valence-corrected chi connectivity index (χ4v) is 4.40. The van der Waals surface area contributed by atoms with E-state index in [1.54, 1.807) is 0 Å². The normalized spacial score (nSPS) is 19.2. The van der Waals surface area contributed by atoms with Crippen LogP contribution < -0.4 is 10.1 Å². The van der Waals surface area contributed by atoms with Crippen LogP contribution in [0.4, 0.5) is 0 Å². The summed E-state index contributed by atoms with van der Waals surface area (Å²) in [5, 5.41) is 9.11. The Kier molecular flexibility index (Phi) is 4.28. The van der Waals surface area contributed by atoms with Crippen LogP contribution in [-0.2, 0) is 20.2 Å². The zero-order valence-electron chi connectivity index (χ0n) is 16.0. The maximum Gasteiger partial charge on any atom is 0.254 e. The second-order valence-corrected chi connectivity index (χ2v) is 7.59. The maximum atomic E-state index is 12.9. The molecular weight excluding hydrogens is 352 g/mol. The third-order valence-electron chi connectivity index (χ3n) is 5.86. The number of aryl methyl sites for hydroxylation is 1. The number of hydrogen-bond donors (Lipinski definition) is 1. The van der Waals surface area contributed by atoms with Gasteiger partial charge in [0.25, 0.3) is 5.91 Å². The highest BCUT2D eigenvalue weighted by Gasteiger charge is 2.35. The lowest BCUT2D eigenvalue weighted by Crippen LogP contribution is -2.46. The first-order valence-corrected chi connectivity index (χ1v) is 9.89. The molecule has 1 aromatic heterocycles. The van der Waals surface area contributed by atoms with Gasteiger partial charge < -0.3 is 15.0 Å². The number of hydrogen-bond acceptors (Lipinski definition) is 4. The van der Waals surface area contributed by atoms with Crippen LogP contribution in [0.25, 0.3) is 10.9 Å². The molecule has 2 aliphatic rings.